The van der Waals surface area contributed by atoms with E-state index in [0.717, 1.165) is 23.1 Å². The highest BCUT2D eigenvalue weighted by Crippen LogP contribution is 2.29. The van der Waals surface area contributed by atoms with Gasteiger partial charge in [-0.2, -0.15) is 0 Å². The maximum absolute atomic E-state index is 10.8. The largest absolute Gasteiger partial charge is 0.481 e. The Bertz CT molecular complexity index is 665. The summed E-state index contributed by atoms with van der Waals surface area (Å²) in [6.07, 6.45) is 2.59. The van der Waals surface area contributed by atoms with Gasteiger partial charge in [-0.1, -0.05) is 12.1 Å². The van der Waals surface area contributed by atoms with Crippen molar-refractivity contribution < 1.29 is 9.90 Å². The molecule has 0 bridgehead atoms. The molecule has 1 fully saturated rings. The fourth-order valence-corrected chi connectivity index (χ4v) is 2.68. The molecule has 0 aliphatic heterocycles. The van der Waals surface area contributed by atoms with E-state index in [2.05, 4.69) is 34.1 Å². The lowest BCUT2D eigenvalue weighted by Crippen LogP contribution is -2.28. The number of carboxylic acids is 1. The average molecular weight is 284 g/mol. The quantitative estimate of drug-likeness (QED) is 0.886. The minimum absolute atomic E-state index is 0.213. The second kappa shape index (κ2) is 5.82. The molecule has 0 unspecified atom stereocenters. The van der Waals surface area contributed by atoms with Crippen LogP contribution in [0.1, 0.15) is 30.5 Å². The second-order valence-corrected chi connectivity index (χ2v) is 5.83. The Hall–Kier alpha value is -1.94. The summed E-state index contributed by atoms with van der Waals surface area (Å²) in [5.74, 6) is -0.723. The normalized spacial score (nSPS) is 14.8. The maximum atomic E-state index is 10.8. The Morgan fingerprint density at radius 2 is 2.14 bits per heavy atom. The van der Waals surface area contributed by atoms with E-state index in [9.17, 15) is 4.79 Å². The van der Waals surface area contributed by atoms with Crippen molar-refractivity contribution in [2.24, 2.45) is 0 Å². The van der Waals surface area contributed by atoms with Crippen LogP contribution >= 0.6 is 0 Å². The third kappa shape index (κ3) is 3.58. The van der Waals surface area contributed by atoms with Crippen LogP contribution in [-0.2, 0) is 11.3 Å². The van der Waals surface area contributed by atoms with Crippen molar-refractivity contribution in [3.63, 3.8) is 0 Å². The topological polar surface area (TPSA) is 53.4 Å². The summed E-state index contributed by atoms with van der Waals surface area (Å²) in [7, 11) is 0. The first-order chi connectivity index (χ1) is 10.1. The Morgan fingerprint density at radius 1 is 1.33 bits per heavy atom. The number of benzene rings is 1. The van der Waals surface area contributed by atoms with E-state index >= 15 is 0 Å². The highest BCUT2D eigenvalue weighted by Gasteiger charge is 2.29. The molecule has 0 spiro atoms. The van der Waals surface area contributed by atoms with Crippen molar-refractivity contribution in [3.05, 3.63) is 41.6 Å². The van der Waals surface area contributed by atoms with Crippen LogP contribution in [0.4, 0.5) is 0 Å². The highest BCUT2D eigenvalue weighted by atomic mass is 16.4. The van der Waals surface area contributed by atoms with E-state index < -0.39 is 5.97 Å². The van der Waals surface area contributed by atoms with Gasteiger partial charge in [-0.25, -0.2) is 0 Å². The van der Waals surface area contributed by atoms with E-state index in [1.807, 2.05) is 13.0 Å². The molecular weight excluding hydrogens is 264 g/mol. The first kappa shape index (κ1) is 14.0. The predicted molar refractivity (Wildman–Crippen MR) is 82.2 cm³/mol. The van der Waals surface area contributed by atoms with E-state index in [-0.39, 0.29) is 6.42 Å². The Labute approximate surface area is 124 Å². The molecule has 0 atom stereocenters. The molecule has 0 amide bonds. The smallest absolute Gasteiger partial charge is 0.304 e. The van der Waals surface area contributed by atoms with Crippen molar-refractivity contribution in [1.82, 2.24) is 9.88 Å². The van der Waals surface area contributed by atoms with Gasteiger partial charge in [-0.3, -0.25) is 14.7 Å². The lowest BCUT2D eigenvalue weighted by Gasteiger charge is -2.21. The van der Waals surface area contributed by atoms with E-state index in [0.29, 0.717) is 12.6 Å². The van der Waals surface area contributed by atoms with Crippen LogP contribution in [0.5, 0.6) is 0 Å². The van der Waals surface area contributed by atoms with Crippen LogP contribution in [0.15, 0.2) is 30.3 Å². The molecule has 110 valence electrons. The van der Waals surface area contributed by atoms with Crippen LogP contribution in [0.2, 0.25) is 0 Å². The van der Waals surface area contributed by atoms with Crippen molar-refractivity contribution in [2.45, 2.75) is 38.8 Å². The molecule has 1 aromatic heterocycles. The molecule has 3 rings (SSSR count). The highest BCUT2D eigenvalue weighted by molar-refractivity contribution is 5.79. The Morgan fingerprint density at radius 3 is 2.86 bits per heavy atom. The number of carboxylic acid groups (broad SMARTS) is 1. The molecule has 1 aliphatic rings. The lowest BCUT2D eigenvalue weighted by atomic mass is 10.1. The van der Waals surface area contributed by atoms with Crippen molar-refractivity contribution >= 4 is 16.9 Å². The molecular formula is C17H20N2O2. The van der Waals surface area contributed by atoms with Crippen LogP contribution in [0.3, 0.4) is 0 Å². The number of pyridine rings is 1. The molecule has 2 aromatic rings. The molecule has 1 heterocycles. The molecule has 0 radical (unpaired) electrons. The molecule has 1 N–H and O–H groups in total. The predicted octanol–water partition coefficient (Wildman–Crippen LogP) is 2.98. The summed E-state index contributed by atoms with van der Waals surface area (Å²) in [5, 5.41) is 10.0. The minimum atomic E-state index is -0.723. The maximum Gasteiger partial charge on any atom is 0.304 e. The number of aromatic nitrogens is 1. The van der Waals surface area contributed by atoms with Gasteiger partial charge in [0.15, 0.2) is 0 Å². The van der Waals surface area contributed by atoms with Crippen LogP contribution in [-0.4, -0.2) is 33.5 Å². The zero-order valence-corrected chi connectivity index (χ0v) is 12.2. The molecule has 1 saturated carbocycles. The number of aryl methyl sites for hydroxylation is 1. The minimum Gasteiger partial charge on any atom is -0.481 e. The summed E-state index contributed by atoms with van der Waals surface area (Å²) in [5.41, 5.74) is 3.27. The zero-order chi connectivity index (χ0) is 14.8. The fraction of sp³-hybridized carbons (Fsp3) is 0.412. The Kier molecular flexibility index (Phi) is 3.88. The van der Waals surface area contributed by atoms with Crippen LogP contribution < -0.4 is 0 Å². The number of aliphatic carboxylic acids is 1. The van der Waals surface area contributed by atoms with Crippen molar-refractivity contribution in [3.8, 4) is 0 Å². The third-order valence-electron chi connectivity index (χ3n) is 3.95. The van der Waals surface area contributed by atoms with Crippen molar-refractivity contribution in [1.29, 1.82) is 0 Å². The van der Waals surface area contributed by atoms with Gasteiger partial charge >= 0.3 is 5.97 Å². The van der Waals surface area contributed by atoms with Gasteiger partial charge in [-0.05, 0) is 43.5 Å². The number of carbonyl (C=O) groups is 1. The van der Waals surface area contributed by atoms with E-state index in [4.69, 9.17) is 5.11 Å². The van der Waals surface area contributed by atoms with Crippen LogP contribution in [0, 0.1) is 6.92 Å². The van der Waals surface area contributed by atoms with Gasteiger partial charge in [0.2, 0.25) is 0 Å². The monoisotopic (exact) mass is 284 g/mol. The summed E-state index contributed by atoms with van der Waals surface area (Å²) >= 11 is 0. The van der Waals surface area contributed by atoms with Crippen LogP contribution in [0.25, 0.3) is 10.9 Å². The third-order valence-corrected chi connectivity index (χ3v) is 3.95. The standard InChI is InChI=1S/C17H20N2O2/c1-12-2-4-14-10-13(3-7-16(14)18-12)11-19(15-5-6-15)9-8-17(20)21/h2-4,7,10,15H,5-6,8-9,11H2,1H3,(H,20,21). The van der Waals surface area contributed by atoms with Gasteiger partial charge in [0.1, 0.15) is 0 Å². The molecule has 0 saturated heterocycles. The second-order valence-electron chi connectivity index (χ2n) is 5.83. The molecule has 4 nitrogen and oxygen atoms in total. The zero-order valence-electron chi connectivity index (χ0n) is 12.2. The molecule has 4 heteroatoms. The van der Waals surface area contributed by atoms with Gasteiger partial charge in [0.25, 0.3) is 0 Å². The average Bonchev–Trinajstić information content (AvgIpc) is 3.28. The lowest BCUT2D eigenvalue weighted by molar-refractivity contribution is -0.137. The first-order valence-electron chi connectivity index (χ1n) is 7.44. The molecule has 21 heavy (non-hydrogen) atoms. The number of rotatable bonds is 6. The fourth-order valence-electron chi connectivity index (χ4n) is 2.68. The van der Waals surface area contributed by atoms with Gasteiger partial charge in [-0.15, -0.1) is 0 Å². The van der Waals surface area contributed by atoms with Gasteiger partial charge < -0.3 is 5.11 Å². The van der Waals surface area contributed by atoms with E-state index in [1.54, 1.807) is 0 Å². The number of hydrogen-bond donors (Lipinski definition) is 1. The summed E-state index contributed by atoms with van der Waals surface area (Å²) in [4.78, 5) is 17.6. The summed E-state index contributed by atoms with van der Waals surface area (Å²) in [6.45, 7) is 3.44. The van der Waals surface area contributed by atoms with Crippen molar-refractivity contribution in [2.75, 3.05) is 6.54 Å². The number of hydrogen-bond acceptors (Lipinski definition) is 3. The SMILES string of the molecule is Cc1ccc2cc(CN(CCC(=O)O)C3CC3)ccc2n1. The molecule has 1 aliphatic carbocycles. The summed E-state index contributed by atoms with van der Waals surface area (Å²) in [6, 6.07) is 11.0. The van der Waals surface area contributed by atoms with Gasteiger partial charge in [0.05, 0.1) is 11.9 Å². The van der Waals surface area contributed by atoms with Gasteiger partial charge in [0, 0.05) is 30.2 Å². The molecule has 1 aromatic carbocycles. The number of fused-ring (bicyclic) bond motifs is 1. The first-order valence-corrected chi connectivity index (χ1v) is 7.44. The Balaban J connectivity index is 1.75. The number of nitrogens with zero attached hydrogens (tertiary/aromatic N) is 2. The summed E-state index contributed by atoms with van der Waals surface area (Å²) < 4.78 is 0. The van der Waals surface area contributed by atoms with E-state index in [1.165, 1.54) is 18.4 Å².